The van der Waals surface area contributed by atoms with Crippen LogP contribution in [0.25, 0.3) is 22.3 Å². The summed E-state index contributed by atoms with van der Waals surface area (Å²) in [5.41, 5.74) is 9.77. The molecule has 2 aliphatic rings. The molecule has 0 aromatic carbocycles. The molecule has 4 aromatic heterocycles. The summed E-state index contributed by atoms with van der Waals surface area (Å²) in [6, 6.07) is 0. The highest BCUT2D eigenvalue weighted by atomic mass is 31.3. The summed E-state index contributed by atoms with van der Waals surface area (Å²) in [5, 5.41) is 41.9. The molecule has 13 N–H and O–H groups in total. The molecule has 53 heavy (non-hydrogen) atoms. The van der Waals surface area contributed by atoms with Gasteiger partial charge in [-0.15, -0.1) is 0 Å². The maximum absolute atomic E-state index is 12.5. The number of hydrogen-bond acceptors (Lipinski definition) is 20. The lowest BCUT2D eigenvalue weighted by molar-refractivity contribution is -0.682. The number of aliphatic hydroxyl groups excluding tert-OH is 4. The molecule has 0 aliphatic carbocycles. The van der Waals surface area contributed by atoms with Crippen LogP contribution in [0.1, 0.15) is 6.23 Å². The van der Waals surface area contributed by atoms with Crippen LogP contribution >= 0.6 is 23.5 Å². The van der Waals surface area contributed by atoms with Crippen LogP contribution in [-0.2, 0) is 54.4 Å². The van der Waals surface area contributed by atoms with Gasteiger partial charge >= 0.3 is 29.1 Å². The summed E-state index contributed by atoms with van der Waals surface area (Å²) < 4.78 is 69.5. The highest BCUT2D eigenvalue weighted by Crippen LogP contribution is 2.67. The van der Waals surface area contributed by atoms with Crippen molar-refractivity contribution in [3.05, 3.63) is 33.4 Å². The third-order valence-electron chi connectivity index (χ3n) is 7.95. The van der Waals surface area contributed by atoms with Crippen LogP contribution in [0, 0.1) is 0 Å². The second-order valence-corrected chi connectivity index (χ2v) is 16.3. The summed E-state index contributed by atoms with van der Waals surface area (Å²) >= 11 is 0. The molecule has 4 aromatic rings. The number of phosphoric ester groups is 2. The molecule has 6 rings (SSSR count). The van der Waals surface area contributed by atoms with Crippen LogP contribution in [0.4, 0.5) is 11.9 Å². The number of fused-ring (bicyclic) bond motifs is 2. The highest BCUT2D eigenvalue weighted by molar-refractivity contribution is 7.66. The molecule has 2 saturated heterocycles. The van der Waals surface area contributed by atoms with Gasteiger partial charge < -0.3 is 56.0 Å². The van der Waals surface area contributed by atoms with E-state index in [9.17, 15) is 58.4 Å². The molecule has 2 fully saturated rings. The maximum Gasteiger partial charge on any atom is 0.490 e. The normalized spacial score (nSPS) is 29.7. The largest absolute Gasteiger partial charge is 0.490 e. The zero-order valence-corrected chi connectivity index (χ0v) is 29.4. The predicted octanol–water partition coefficient (Wildman–Crippen LogP) is -4.68. The summed E-state index contributed by atoms with van der Waals surface area (Å²) in [4.78, 5) is 70.7. The average Bonchev–Trinajstić information content (AvgIpc) is 3.74. The van der Waals surface area contributed by atoms with Crippen molar-refractivity contribution in [3.8, 4) is 0 Å². The van der Waals surface area contributed by atoms with E-state index >= 15 is 0 Å². The van der Waals surface area contributed by atoms with Crippen molar-refractivity contribution in [1.29, 1.82) is 0 Å². The zero-order chi connectivity index (χ0) is 38.8. The number of ether oxygens (including phenoxy) is 2. The van der Waals surface area contributed by atoms with E-state index in [0.29, 0.717) is 0 Å². The first-order valence-electron chi connectivity index (χ1n) is 14.8. The molecule has 0 amide bonds. The lowest BCUT2D eigenvalue weighted by Gasteiger charge is -2.21. The minimum atomic E-state index is -5.99. The summed E-state index contributed by atoms with van der Waals surface area (Å²) in [6.45, 7) is -2.34. The standard InChI is InChI=1S/C22H31N10O18P3/c1-30-6-31(17-11(30)19(38)29-22(24)27-17)2-7-12(33)13(34)8(47-7)3-45-51(39,40)49-53(43,44)50-52(41,42)46-4-9-14(35)15(36)20(48-9)32-5-25-10-16(32)26-21(23)28-18(10)37/h5-9,12-15,20,33-36H,2-4H2,1H3,(H8-,23,24,26,27,28,29,37,38,39,40,41,42,43,44)/p+1/t7-,8+,9+,12?,13-,14?,15-,20+/m0/s1. The van der Waals surface area contributed by atoms with E-state index in [-0.39, 0.29) is 40.8 Å². The number of rotatable bonds is 13. The fourth-order valence-electron chi connectivity index (χ4n) is 5.64. The maximum atomic E-state index is 12.5. The highest BCUT2D eigenvalue weighted by Gasteiger charge is 2.49. The molecule has 2 aliphatic heterocycles. The Morgan fingerprint density at radius 1 is 0.830 bits per heavy atom. The van der Waals surface area contributed by atoms with Crippen molar-refractivity contribution in [2.24, 2.45) is 7.05 Å². The number of nitrogens with two attached hydrogens (primary N) is 2. The van der Waals surface area contributed by atoms with Gasteiger partial charge in [-0.3, -0.25) is 37.7 Å². The van der Waals surface area contributed by atoms with E-state index < -0.39 is 96.8 Å². The third-order valence-corrected chi connectivity index (χ3v) is 12.2. The molecule has 0 bridgehead atoms. The molecule has 0 saturated carbocycles. The Hall–Kier alpha value is -3.53. The topological polar surface area (TPSA) is 418 Å². The number of aryl methyl sites for hydroxylation is 1. The van der Waals surface area contributed by atoms with Gasteiger partial charge in [-0.25, -0.2) is 23.2 Å². The van der Waals surface area contributed by atoms with Crippen molar-refractivity contribution in [1.82, 2.24) is 34.1 Å². The molecule has 28 nitrogen and oxygen atoms in total. The van der Waals surface area contributed by atoms with Crippen molar-refractivity contribution in [2.45, 2.75) is 55.5 Å². The van der Waals surface area contributed by atoms with Gasteiger partial charge in [-0.2, -0.15) is 13.6 Å². The molecule has 5 unspecified atom stereocenters. The number of H-pyrrole nitrogens is 2. The number of aliphatic hydroxyl groups is 4. The zero-order valence-electron chi connectivity index (χ0n) is 26.7. The molecule has 11 atom stereocenters. The number of phosphoric acid groups is 3. The van der Waals surface area contributed by atoms with Gasteiger partial charge in [-0.1, -0.05) is 4.98 Å². The molecular formula is C22H32N10O18P3+. The van der Waals surface area contributed by atoms with E-state index in [4.69, 9.17) is 20.9 Å². The van der Waals surface area contributed by atoms with E-state index in [2.05, 4.69) is 42.6 Å². The lowest BCUT2D eigenvalue weighted by atomic mass is 10.1. The summed E-state index contributed by atoms with van der Waals surface area (Å²) in [6.07, 6.45) is -10.3. The van der Waals surface area contributed by atoms with Gasteiger partial charge in [0.2, 0.25) is 11.5 Å². The second-order valence-electron chi connectivity index (χ2n) is 11.7. The third kappa shape index (κ3) is 8.13. The average molecular weight is 817 g/mol. The Morgan fingerprint density at radius 3 is 2.02 bits per heavy atom. The smallest absolute Gasteiger partial charge is 0.388 e. The number of imidazole rings is 2. The van der Waals surface area contributed by atoms with Crippen LogP contribution in [0.15, 0.2) is 22.2 Å². The van der Waals surface area contributed by atoms with E-state index in [1.54, 1.807) is 0 Å². The predicted molar refractivity (Wildman–Crippen MR) is 169 cm³/mol. The van der Waals surface area contributed by atoms with Crippen LogP contribution in [0.2, 0.25) is 0 Å². The van der Waals surface area contributed by atoms with Gasteiger partial charge in [0, 0.05) is 0 Å². The number of aromatic nitrogens is 8. The first-order valence-corrected chi connectivity index (χ1v) is 19.3. The first-order chi connectivity index (χ1) is 24.6. The van der Waals surface area contributed by atoms with Crippen LogP contribution < -0.4 is 27.2 Å². The van der Waals surface area contributed by atoms with Gasteiger partial charge in [0.15, 0.2) is 23.7 Å². The lowest BCUT2D eigenvalue weighted by Crippen LogP contribution is -2.44. The first kappa shape index (κ1) is 39.2. The monoisotopic (exact) mass is 817 g/mol. The Bertz CT molecular complexity index is 2300. The van der Waals surface area contributed by atoms with Gasteiger partial charge in [-0.05, 0) is 0 Å². The van der Waals surface area contributed by atoms with E-state index in [0.717, 1.165) is 10.9 Å². The Balaban J connectivity index is 1.02. The number of anilines is 2. The van der Waals surface area contributed by atoms with Crippen molar-refractivity contribution in [3.63, 3.8) is 0 Å². The number of nitrogen functional groups attached to an aromatic ring is 2. The van der Waals surface area contributed by atoms with Gasteiger partial charge in [0.25, 0.3) is 17.1 Å². The Labute approximate surface area is 292 Å². The molecule has 0 radical (unpaired) electrons. The van der Waals surface area contributed by atoms with Gasteiger partial charge in [0.05, 0.1) is 26.6 Å². The van der Waals surface area contributed by atoms with Crippen LogP contribution in [0.3, 0.4) is 0 Å². The van der Waals surface area contributed by atoms with Crippen LogP contribution in [-0.4, -0.2) is 125 Å². The molecule has 0 spiro atoms. The summed E-state index contributed by atoms with van der Waals surface area (Å²) in [7, 11) is -15.8. The van der Waals surface area contributed by atoms with Crippen molar-refractivity contribution >= 4 is 57.7 Å². The number of nitrogens with zero attached hydrogens (tertiary/aromatic N) is 6. The minimum absolute atomic E-state index is 0.107. The number of hydrogen-bond donors (Lipinski definition) is 11. The quantitative estimate of drug-likeness (QED) is 0.0446. The number of aromatic amines is 2. The fraction of sp³-hybridized carbons (Fsp3) is 0.545. The summed E-state index contributed by atoms with van der Waals surface area (Å²) in [5.74, 6) is -0.507. The molecule has 6 heterocycles. The SMILES string of the molecule is Cn1c[n+](C[C@@H]2O[C@H](COP(=O)(O)OP(=O)(O)OP(=O)(O)OC[C@H]3O[C@@H](n4cnc5c(=O)[nH]c(N)nc54)[C@@H](O)C3O)[C@H](O)C2O)c2nc(N)[nH]c(=O)c21. The molecule has 292 valence electrons. The Morgan fingerprint density at radius 2 is 1.38 bits per heavy atom. The number of nitrogens with one attached hydrogen (secondary N) is 2. The minimum Gasteiger partial charge on any atom is -0.388 e. The Kier molecular flexibility index (Phi) is 10.6. The van der Waals surface area contributed by atoms with Gasteiger partial charge in [0.1, 0.15) is 49.3 Å². The van der Waals surface area contributed by atoms with Crippen molar-refractivity contribution < 1.29 is 80.5 Å². The molecule has 31 heteroatoms. The van der Waals surface area contributed by atoms with Crippen molar-refractivity contribution in [2.75, 3.05) is 24.7 Å². The molecular weight excluding hydrogens is 785 g/mol. The fourth-order valence-corrected chi connectivity index (χ4v) is 9.16. The van der Waals surface area contributed by atoms with E-state index in [1.165, 1.54) is 22.5 Å². The van der Waals surface area contributed by atoms with Crippen LogP contribution in [0.5, 0.6) is 0 Å². The van der Waals surface area contributed by atoms with E-state index in [1.807, 2.05) is 0 Å². The second kappa shape index (κ2) is 14.3.